The fraction of sp³-hybridized carbons (Fsp3) is 0.429. The van der Waals surface area contributed by atoms with Gasteiger partial charge >= 0.3 is 0 Å². The molecule has 1 aliphatic heterocycles. The molecule has 1 aromatic carbocycles. The molecule has 21 heavy (non-hydrogen) atoms. The van der Waals surface area contributed by atoms with Crippen LogP contribution in [0.4, 0.5) is 5.95 Å². The van der Waals surface area contributed by atoms with Crippen LogP contribution >= 0.6 is 0 Å². The van der Waals surface area contributed by atoms with Crippen LogP contribution in [0, 0.1) is 5.92 Å². The van der Waals surface area contributed by atoms with Gasteiger partial charge in [0.2, 0.25) is 5.95 Å². The molecule has 2 atom stereocenters. The molecule has 0 saturated carbocycles. The first-order valence-corrected chi connectivity index (χ1v) is 7.00. The molecule has 3 rings (SSSR count). The Labute approximate surface area is 122 Å². The second-order valence-corrected chi connectivity index (χ2v) is 5.56. The number of aromatic nitrogens is 3. The molecule has 5 N–H and O–H groups in total. The number of phenolic OH excluding ortho intramolecular Hbond substituents is 2. The van der Waals surface area contributed by atoms with Gasteiger partial charge in [0.25, 0.3) is 0 Å². The highest BCUT2D eigenvalue weighted by molar-refractivity contribution is 5.61. The summed E-state index contributed by atoms with van der Waals surface area (Å²) in [6, 6.07) is 4.66. The Kier molecular flexibility index (Phi) is 3.42. The fourth-order valence-electron chi connectivity index (χ4n) is 2.48. The Morgan fingerprint density at radius 3 is 2.86 bits per heavy atom. The second-order valence-electron chi connectivity index (χ2n) is 5.56. The number of hydrogen-bond donors (Lipinski definition) is 4. The molecule has 1 aliphatic rings. The number of hydrogen-bond acceptors (Lipinski definition) is 6. The van der Waals surface area contributed by atoms with Crippen LogP contribution in [0.25, 0.3) is 11.4 Å². The average Bonchev–Trinajstić information content (AvgIpc) is 2.94. The van der Waals surface area contributed by atoms with Gasteiger partial charge in [-0.05, 0) is 30.5 Å². The molecular weight excluding hydrogens is 270 g/mol. The van der Waals surface area contributed by atoms with Gasteiger partial charge in [0.05, 0.1) is 0 Å². The normalized spacial score (nSPS) is 22.5. The van der Waals surface area contributed by atoms with Crippen LogP contribution < -0.4 is 10.6 Å². The van der Waals surface area contributed by atoms with Crippen LogP contribution in [-0.2, 0) is 0 Å². The number of aromatic amines is 1. The summed E-state index contributed by atoms with van der Waals surface area (Å²) in [4.78, 5) is 6.51. The number of benzene rings is 1. The number of H-pyrrole nitrogens is 1. The second kappa shape index (κ2) is 5.25. The first kappa shape index (κ1) is 13.7. The molecule has 7 nitrogen and oxygen atoms in total. The minimum absolute atomic E-state index is 0.124. The van der Waals surface area contributed by atoms with Crippen molar-refractivity contribution in [2.24, 2.45) is 11.7 Å². The molecule has 1 fully saturated rings. The molecule has 1 saturated heterocycles. The molecular formula is C14H19N5O2. The van der Waals surface area contributed by atoms with E-state index in [2.05, 4.69) is 27.0 Å². The summed E-state index contributed by atoms with van der Waals surface area (Å²) in [5.41, 5.74) is 6.76. The van der Waals surface area contributed by atoms with E-state index in [0.29, 0.717) is 23.3 Å². The third-order valence-electron chi connectivity index (χ3n) is 4.02. The Morgan fingerprint density at radius 1 is 1.33 bits per heavy atom. The van der Waals surface area contributed by atoms with Crippen molar-refractivity contribution >= 4 is 5.95 Å². The molecule has 0 bridgehead atoms. The van der Waals surface area contributed by atoms with Gasteiger partial charge in [-0.1, -0.05) is 6.92 Å². The van der Waals surface area contributed by atoms with Crippen LogP contribution in [-0.4, -0.2) is 44.5 Å². The zero-order valence-electron chi connectivity index (χ0n) is 11.8. The van der Waals surface area contributed by atoms with Crippen molar-refractivity contribution in [2.75, 3.05) is 18.0 Å². The van der Waals surface area contributed by atoms with E-state index < -0.39 is 0 Å². The minimum Gasteiger partial charge on any atom is -0.504 e. The summed E-state index contributed by atoms with van der Waals surface area (Å²) in [6.07, 6.45) is 1.02. The lowest BCUT2D eigenvalue weighted by Crippen LogP contribution is -2.48. The zero-order chi connectivity index (χ0) is 15.0. The van der Waals surface area contributed by atoms with E-state index in [9.17, 15) is 10.2 Å². The van der Waals surface area contributed by atoms with E-state index in [4.69, 9.17) is 5.73 Å². The highest BCUT2D eigenvalue weighted by Crippen LogP contribution is 2.29. The first-order valence-electron chi connectivity index (χ1n) is 7.00. The summed E-state index contributed by atoms with van der Waals surface area (Å²) < 4.78 is 0. The topological polar surface area (TPSA) is 111 Å². The van der Waals surface area contributed by atoms with Crippen LogP contribution in [0.3, 0.4) is 0 Å². The lowest BCUT2D eigenvalue weighted by atomic mass is 9.95. The highest BCUT2D eigenvalue weighted by Gasteiger charge is 2.25. The van der Waals surface area contributed by atoms with Crippen LogP contribution in [0.5, 0.6) is 11.5 Å². The third kappa shape index (κ3) is 2.64. The number of anilines is 1. The molecule has 2 heterocycles. The number of nitrogens with zero attached hydrogens (tertiary/aromatic N) is 3. The van der Waals surface area contributed by atoms with Crippen LogP contribution in [0.15, 0.2) is 18.2 Å². The maximum Gasteiger partial charge on any atom is 0.245 e. The van der Waals surface area contributed by atoms with E-state index >= 15 is 0 Å². The van der Waals surface area contributed by atoms with E-state index in [1.807, 2.05) is 0 Å². The summed E-state index contributed by atoms with van der Waals surface area (Å²) in [7, 11) is 0. The van der Waals surface area contributed by atoms with Gasteiger partial charge < -0.3 is 20.8 Å². The minimum atomic E-state index is -0.181. The molecule has 7 heteroatoms. The van der Waals surface area contributed by atoms with E-state index in [1.165, 1.54) is 12.1 Å². The number of phenols is 2. The SMILES string of the molecule is CC1CCN(c2n[nH]c(-c3ccc(O)c(O)c3)n2)CC1N. The van der Waals surface area contributed by atoms with Crippen molar-refractivity contribution < 1.29 is 10.2 Å². The zero-order valence-corrected chi connectivity index (χ0v) is 11.8. The van der Waals surface area contributed by atoms with Crippen molar-refractivity contribution in [3.63, 3.8) is 0 Å². The number of nitrogens with two attached hydrogens (primary N) is 1. The van der Waals surface area contributed by atoms with Crippen molar-refractivity contribution in [1.82, 2.24) is 15.2 Å². The largest absolute Gasteiger partial charge is 0.504 e. The van der Waals surface area contributed by atoms with E-state index in [0.717, 1.165) is 19.5 Å². The molecule has 0 aliphatic carbocycles. The van der Waals surface area contributed by atoms with Gasteiger partial charge in [-0.15, -0.1) is 5.10 Å². The number of piperidine rings is 1. The van der Waals surface area contributed by atoms with Gasteiger partial charge in [-0.25, -0.2) is 0 Å². The Morgan fingerprint density at radius 2 is 2.14 bits per heavy atom. The number of rotatable bonds is 2. The fourth-order valence-corrected chi connectivity index (χ4v) is 2.48. The van der Waals surface area contributed by atoms with Crippen molar-refractivity contribution in [3.05, 3.63) is 18.2 Å². The number of nitrogens with one attached hydrogen (secondary N) is 1. The van der Waals surface area contributed by atoms with Crippen molar-refractivity contribution in [1.29, 1.82) is 0 Å². The molecule has 0 radical (unpaired) electrons. The highest BCUT2D eigenvalue weighted by atomic mass is 16.3. The molecule has 0 spiro atoms. The predicted octanol–water partition coefficient (Wildman–Crippen LogP) is 1.06. The van der Waals surface area contributed by atoms with E-state index in [-0.39, 0.29) is 17.5 Å². The van der Waals surface area contributed by atoms with E-state index in [1.54, 1.807) is 6.07 Å². The maximum atomic E-state index is 9.54. The van der Waals surface area contributed by atoms with Crippen molar-refractivity contribution in [2.45, 2.75) is 19.4 Å². The molecule has 0 amide bonds. The third-order valence-corrected chi connectivity index (χ3v) is 4.02. The standard InChI is InChI=1S/C14H19N5O2/c1-8-4-5-19(7-10(8)15)14-16-13(17-18-14)9-2-3-11(20)12(21)6-9/h2-3,6,8,10,20-21H,4-5,7,15H2,1H3,(H,16,17,18). The van der Waals surface area contributed by atoms with Gasteiger partial charge in [0.1, 0.15) is 0 Å². The average molecular weight is 289 g/mol. The van der Waals surface area contributed by atoms with Gasteiger partial charge in [-0.3, -0.25) is 5.10 Å². The Bertz CT molecular complexity index is 642. The van der Waals surface area contributed by atoms with Gasteiger partial charge in [-0.2, -0.15) is 4.98 Å². The van der Waals surface area contributed by atoms with Crippen LogP contribution in [0.1, 0.15) is 13.3 Å². The number of aromatic hydroxyl groups is 2. The smallest absolute Gasteiger partial charge is 0.245 e. The summed E-state index contributed by atoms with van der Waals surface area (Å²) in [5.74, 6) is 1.33. The summed E-state index contributed by atoms with van der Waals surface area (Å²) >= 11 is 0. The predicted molar refractivity (Wildman–Crippen MR) is 79.1 cm³/mol. The first-order chi connectivity index (χ1) is 10.0. The van der Waals surface area contributed by atoms with Crippen molar-refractivity contribution in [3.8, 4) is 22.9 Å². The maximum absolute atomic E-state index is 9.54. The Hall–Kier alpha value is -2.28. The molecule has 2 aromatic rings. The Balaban J connectivity index is 1.81. The summed E-state index contributed by atoms with van der Waals surface area (Å²) in [5, 5.41) is 26.0. The molecule has 2 unspecified atom stereocenters. The molecule has 1 aromatic heterocycles. The van der Waals surface area contributed by atoms with Crippen LogP contribution in [0.2, 0.25) is 0 Å². The van der Waals surface area contributed by atoms with Gasteiger partial charge in [0.15, 0.2) is 17.3 Å². The monoisotopic (exact) mass is 289 g/mol. The molecule has 112 valence electrons. The quantitative estimate of drug-likeness (QED) is 0.615. The van der Waals surface area contributed by atoms with Gasteiger partial charge in [0, 0.05) is 24.7 Å². The summed E-state index contributed by atoms with van der Waals surface area (Å²) in [6.45, 7) is 3.77. The lowest BCUT2D eigenvalue weighted by Gasteiger charge is -2.34. The lowest BCUT2D eigenvalue weighted by molar-refractivity contribution is 0.376.